The molecule has 9 aromatic rings. The maximum atomic E-state index is 5.21. The summed E-state index contributed by atoms with van der Waals surface area (Å²) in [5.41, 5.74) is 7.51. The van der Waals surface area contributed by atoms with Crippen LogP contribution in [0.1, 0.15) is 12.6 Å². The second-order valence-corrected chi connectivity index (χ2v) is 12.7. The Morgan fingerprint density at radius 2 is 1.22 bits per heavy atom. The Morgan fingerprint density at radius 1 is 0.540 bits per heavy atom. The highest BCUT2D eigenvalue weighted by Crippen LogP contribution is 2.39. The van der Waals surface area contributed by atoms with E-state index >= 15 is 0 Å². The molecule has 0 saturated carbocycles. The molecule has 0 N–H and O–H groups in total. The smallest absolute Gasteiger partial charge is 0.162 e. The van der Waals surface area contributed by atoms with Crippen molar-refractivity contribution >= 4 is 59.7 Å². The highest BCUT2D eigenvalue weighted by atomic mass is 15.1. The normalized spacial score (nSPS) is 12.2. The van der Waals surface area contributed by atoms with E-state index < -0.39 is 0 Å². The fourth-order valence-corrected chi connectivity index (χ4v) is 7.24. The molecule has 2 heterocycles. The summed E-state index contributed by atoms with van der Waals surface area (Å²) in [6, 6.07) is 52.2. The molecule has 0 spiro atoms. The second-order valence-electron chi connectivity index (χ2n) is 12.7. The lowest BCUT2D eigenvalue weighted by Gasteiger charge is -2.12. The number of aromatic nitrogens is 3. The third-order valence-electron chi connectivity index (χ3n) is 9.70. The maximum Gasteiger partial charge on any atom is 0.162 e. The third-order valence-corrected chi connectivity index (χ3v) is 9.70. The lowest BCUT2D eigenvalue weighted by Crippen LogP contribution is -2.03. The molecular weight excluding hydrogens is 607 g/mol. The zero-order valence-electron chi connectivity index (χ0n) is 27.7. The standard InChI is InChI=1S/C47H33N3/c1-3-4-6-13-31(2)42-30-45(49-47(48-42)34-15-7-5-8-16-34)50-43-19-12-11-18-40(43)46-41-29-36(22-20-33(41)25-27-44(46)50)35-24-26-39-37(28-35)23-21-32-14-9-10-17-38(32)39/h3-30H,1H2,2H3/b6-4-,31-13+. The Hall–Kier alpha value is -6.58. The van der Waals surface area contributed by atoms with E-state index in [-0.39, 0.29) is 0 Å². The van der Waals surface area contributed by atoms with Gasteiger partial charge in [0, 0.05) is 22.4 Å². The minimum absolute atomic E-state index is 0.691. The van der Waals surface area contributed by atoms with Crippen LogP contribution in [0.15, 0.2) is 176 Å². The lowest BCUT2D eigenvalue weighted by atomic mass is 9.95. The average molecular weight is 640 g/mol. The molecule has 0 saturated heterocycles. The molecule has 0 radical (unpaired) electrons. The van der Waals surface area contributed by atoms with E-state index in [1.54, 1.807) is 6.08 Å². The average Bonchev–Trinajstić information content (AvgIpc) is 3.52. The zero-order valence-corrected chi connectivity index (χ0v) is 27.7. The van der Waals surface area contributed by atoms with Gasteiger partial charge in [-0.25, -0.2) is 9.97 Å². The lowest BCUT2D eigenvalue weighted by molar-refractivity contribution is 1.03. The summed E-state index contributed by atoms with van der Waals surface area (Å²) in [5.74, 6) is 1.52. The van der Waals surface area contributed by atoms with Crippen LogP contribution in [-0.2, 0) is 0 Å². The van der Waals surface area contributed by atoms with Gasteiger partial charge in [0.05, 0.1) is 16.7 Å². The fraction of sp³-hybridized carbons (Fsp3) is 0.0213. The number of rotatable bonds is 6. The first-order valence-electron chi connectivity index (χ1n) is 17.0. The van der Waals surface area contributed by atoms with Gasteiger partial charge in [-0.2, -0.15) is 0 Å². The first-order chi connectivity index (χ1) is 24.7. The molecule has 0 aliphatic heterocycles. The molecular formula is C47H33N3. The van der Waals surface area contributed by atoms with Crippen LogP contribution < -0.4 is 0 Å². The number of hydrogen-bond donors (Lipinski definition) is 0. The second kappa shape index (κ2) is 12.1. The van der Waals surface area contributed by atoms with Crippen molar-refractivity contribution in [2.75, 3.05) is 0 Å². The van der Waals surface area contributed by atoms with Gasteiger partial charge in [-0.15, -0.1) is 0 Å². The molecule has 9 rings (SSSR count). The molecule has 50 heavy (non-hydrogen) atoms. The summed E-state index contributed by atoms with van der Waals surface area (Å²) in [6.45, 7) is 5.90. The van der Waals surface area contributed by atoms with Crippen LogP contribution in [0.5, 0.6) is 0 Å². The summed E-state index contributed by atoms with van der Waals surface area (Å²) in [6.07, 6.45) is 7.77. The van der Waals surface area contributed by atoms with Gasteiger partial charge >= 0.3 is 0 Å². The Kier molecular flexibility index (Phi) is 7.18. The van der Waals surface area contributed by atoms with Crippen LogP contribution in [0.4, 0.5) is 0 Å². The largest absolute Gasteiger partial charge is 0.294 e. The monoisotopic (exact) mass is 639 g/mol. The van der Waals surface area contributed by atoms with Crippen molar-refractivity contribution in [3.63, 3.8) is 0 Å². The first kappa shape index (κ1) is 29.6. The van der Waals surface area contributed by atoms with Crippen molar-refractivity contribution in [2.24, 2.45) is 0 Å². The first-order valence-corrected chi connectivity index (χ1v) is 17.0. The highest BCUT2D eigenvalue weighted by molar-refractivity contribution is 6.22. The van der Waals surface area contributed by atoms with Crippen molar-refractivity contribution in [3.8, 4) is 28.3 Å². The van der Waals surface area contributed by atoms with Crippen molar-refractivity contribution in [2.45, 2.75) is 6.92 Å². The topological polar surface area (TPSA) is 30.7 Å². The Balaban J connectivity index is 1.27. The molecule has 3 nitrogen and oxygen atoms in total. The van der Waals surface area contributed by atoms with Crippen molar-refractivity contribution in [1.29, 1.82) is 0 Å². The molecule has 0 atom stereocenters. The molecule has 236 valence electrons. The number of para-hydroxylation sites is 1. The predicted octanol–water partition coefficient (Wildman–Crippen LogP) is 12.5. The Labute approximate surface area is 290 Å². The number of hydrogen-bond acceptors (Lipinski definition) is 2. The fourth-order valence-electron chi connectivity index (χ4n) is 7.24. The van der Waals surface area contributed by atoms with Gasteiger partial charge in [0.1, 0.15) is 5.82 Å². The van der Waals surface area contributed by atoms with E-state index in [1.807, 2.05) is 30.4 Å². The van der Waals surface area contributed by atoms with Crippen LogP contribution >= 0.6 is 0 Å². The number of nitrogens with zero attached hydrogens (tertiary/aromatic N) is 3. The quantitative estimate of drug-likeness (QED) is 0.134. The molecule has 3 heteroatoms. The molecule has 0 fully saturated rings. The number of allylic oxidation sites excluding steroid dienone is 5. The minimum atomic E-state index is 0.691. The van der Waals surface area contributed by atoms with Crippen molar-refractivity contribution in [1.82, 2.24) is 14.5 Å². The Morgan fingerprint density at radius 3 is 2.10 bits per heavy atom. The summed E-state index contributed by atoms with van der Waals surface area (Å²) in [7, 11) is 0. The van der Waals surface area contributed by atoms with Gasteiger partial charge in [-0.3, -0.25) is 4.57 Å². The maximum absolute atomic E-state index is 5.21. The van der Waals surface area contributed by atoms with Gasteiger partial charge in [0.15, 0.2) is 5.82 Å². The van der Waals surface area contributed by atoms with Crippen LogP contribution in [0.2, 0.25) is 0 Å². The van der Waals surface area contributed by atoms with Gasteiger partial charge in [0.2, 0.25) is 0 Å². The third kappa shape index (κ3) is 4.99. The predicted molar refractivity (Wildman–Crippen MR) is 213 cm³/mol. The molecule has 0 unspecified atom stereocenters. The Bertz CT molecular complexity index is 2840. The van der Waals surface area contributed by atoms with Gasteiger partial charge in [-0.05, 0) is 80.2 Å². The van der Waals surface area contributed by atoms with E-state index in [4.69, 9.17) is 9.97 Å². The van der Waals surface area contributed by atoms with Crippen LogP contribution in [0.25, 0.3) is 88.0 Å². The molecule has 0 amide bonds. The van der Waals surface area contributed by atoms with Gasteiger partial charge in [0.25, 0.3) is 0 Å². The van der Waals surface area contributed by atoms with Crippen molar-refractivity contribution in [3.05, 3.63) is 182 Å². The molecule has 2 aromatic heterocycles. The van der Waals surface area contributed by atoms with E-state index in [9.17, 15) is 0 Å². The van der Waals surface area contributed by atoms with Crippen LogP contribution in [-0.4, -0.2) is 14.5 Å². The molecule has 7 aromatic carbocycles. The summed E-state index contributed by atoms with van der Waals surface area (Å²) < 4.78 is 2.29. The van der Waals surface area contributed by atoms with Gasteiger partial charge in [-0.1, -0.05) is 146 Å². The molecule has 0 aliphatic carbocycles. The SMILES string of the molecule is C=C/C=C\C=C(/C)c1cc(-n2c3ccccc3c3c4cc(-c5ccc6c(ccc7ccccc76)c5)ccc4ccc32)nc(-c2ccccc2)n1. The molecule has 0 aliphatic rings. The minimum Gasteiger partial charge on any atom is -0.294 e. The van der Waals surface area contributed by atoms with E-state index in [0.717, 1.165) is 33.7 Å². The van der Waals surface area contributed by atoms with E-state index in [1.165, 1.54) is 54.2 Å². The number of fused-ring (bicyclic) bond motifs is 8. The van der Waals surface area contributed by atoms with Crippen LogP contribution in [0.3, 0.4) is 0 Å². The molecule has 0 bridgehead atoms. The highest BCUT2D eigenvalue weighted by Gasteiger charge is 2.18. The summed E-state index contributed by atoms with van der Waals surface area (Å²) in [4.78, 5) is 10.2. The van der Waals surface area contributed by atoms with Gasteiger partial charge < -0.3 is 0 Å². The summed E-state index contributed by atoms with van der Waals surface area (Å²) >= 11 is 0. The zero-order chi connectivity index (χ0) is 33.6. The summed E-state index contributed by atoms with van der Waals surface area (Å²) in [5, 5.41) is 9.90. The van der Waals surface area contributed by atoms with Crippen LogP contribution in [0, 0.1) is 0 Å². The van der Waals surface area contributed by atoms with E-state index in [2.05, 4.69) is 152 Å². The van der Waals surface area contributed by atoms with E-state index in [0.29, 0.717) is 5.82 Å². The number of benzene rings is 7. The van der Waals surface area contributed by atoms with Crippen molar-refractivity contribution < 1.29 is 0 Å².